The molecule has 0 fully saturated rings. The number of halogens is 1. The third-order valence-corrected chi connectivity index (χ3v) is 4.38. The second-order valence-corrected chi connectivity index (χ2v) is 5.81. The second-order valence-electron chi connectivity index (χ2n) is 4.96. The van der Waals surface area contributed by atoms with Gasteiger partial charge in [0.2, 0.25) is 0 Å². The first-order valence-corrected chi connectivity index (χ1v) is 7.91. The highest BCUT2D eigenvalue weighted by molar-refractivity contribution is 9.10. The zero-order valence-electron chi connectivity index (χ0n) is 11.9. The first kappa shape index (κ1) is 14.2. The SMILES string of the molecule is CCNC(c1ccccc1Br)c1cccc2ccncc12. The Bertz CT molecular complexity index is 750. The van der Waals surface area contributed by atoms with Gasteiger partial charge in [-0.25, -0.2) is 0 Å². The molecule has 106 valence electrons. The minimum Gasteiger partial charge on any atom is -0.306 e. The lowest BCUT2D eigenvalue weighted by Gasteiger charge is -2.21. The molecule has 3 aromatic rings. The van der Waals surface area contributed by atoms with Gasteiger partial charge in [0.05, 0.1) is 6.04 Å². The second kappa shape index (κ2) is 6.37. The molecule has 0 aliphatic heterocycles. The lowest BCUT2D eigenvalue weighted by atomic mass is 9.94. The van der Waals surface area contributed by atoms with Crippen LogP contribution in [0, 0.1) is 0 Å². The number of pyridine rings is 1. The molecule has 1 heterocycles. The molecule has 0 saturated carbocycles. The highest BCUT2D eigenvalue weighted by atomic mass is 79.9. The zero-order valence-corrected chi connectivity index (χ0v) is 13.5. The standard InChI is InChI=1S/C18H17BrN2/c1-2-21-18(15-7-3-4-9-17(15)19)14-8-5-6-13-10-11-20-12-16(13)14/h3-12,18,21H,2H2,1H3. The van der Waals surface area contributed by atoms with Gasteiger partial charge in [0.25, 0.3) is 0 Å². The van der Waals surface area contributed by atoms with Gasteiger partial charge in [-0.2, -0.15) is 0 Å². The number of fused-ring (bicyclic) bond motifs is 1. The fourth-order valence-corrected chi connectivity index (χ4v) is 3.20. The van der Waals surface area contributed by atoms with Crippen molar-refractivity contribution in [2.45, 2.75) is 13.0 Å². The van der Waals surface area contributed by atoms with Gasteiger partial charge in [-0.1, -0.05) is 59.3 Å². The van der Waals surface area contributed by atoms with E-state index in [1.807, 2.05) is 18.5 Å². The van der Waals surface area contributed by atoms with E-state index in [0.29, 0.717) is 0 Å². The number of aromatic nitrogens is 1. The van der Waals surface area contributed by atoms with Gasteiger partial charge >= 0.3 is 0 Å². The Morgan fingerprint density at radius 1 is 1.05 bits per heavy atom. The van der Waals surface area contributed by atoms with E-state index in [1.165, 1.54) is 21.9 Å². The number of benzene rings is 2. The summed E-state index contributed by atoms with van der Waals surface area (Å²) >= 11 is 3.67. The lowest BCUT2D eigenvalue weighted by Crippen LogP contribution is -2.22. The van der Waals surface area contributed by atoms with Crippen LogP contribution in [0.3, 0.4) is 0 Å². The third-order valence-electron chi connectivity index (χ3n) is 3.65. The molecule has 1 atom stereocenters. The summed E-state index contributed by atoms with van der Waals surface area (Å²) in [7, 11) is 0. The largest absolute Gasteiger partial charge is 0.306 e. The van der Waals surface area contributed by atoms with Crippen LogP contribution in [0.4, 0.5) is 0 Å². The average Bonchev–Trinajstić information content (AvgIpc) is 2.53. The van der Waals surface area contributed by atoms with E-state index in [4.69, 9.17) is 0 Å². The predicted octanol–water partition coefficient (Wildman–Crippen LogP) is 4.70. The summed E-state index contributed by atoms with van der Waals surface area (Å²) in [6, 6.07) is 17.0. The summed E-state index contributed by atoms with van der Waals surface area (Å²) < 4.78 is 1.12. The Labute approximate surface area is 133 Å². The minimum atomic E-state index is 0.151. The van der Waals surface area contributed by atoms with Gasteiger partial charge in [-0.15, -0.1) is 0 Å². The molecule has 1 aromatic heterocycles. The number of hydrogen-bond donors (Lipinski definition) is 1. The van der Waals surface area contributed by atoms with E-state index in [-0.39, 0.29) is 6.04 Å². The van der Waals surface area contributed by atoms with Crippen LogP contribution in [0.25, 0.3) is 10.8 Å². The van der Waals surface area contributed by atoms with Crippen molar-refractivity contribution >= 4 is 26.7 Å². The Morgan fingerprint density at radius 2 is 1.86 bits per heavy atom. The fraction of sp³-hybridized carbons (Fsp3) is 0.167. The van der Waals surface area contributed by atoms with E-state index in [9.17, 15) is 0 Å². The Balaban J connectivity index is 2.19. The van der Waals surface area contributed by atoms with Gasteiger partial charge in [-0.05, 0) is 35.2 Å². The highest BCUT2D eigenvalue weighted by Gasteiger charge is 2.17. The molecule has 0 bridgehead atoms. The molecular weight excluding hydrogens is 324 g/mol. The Morgan fingerprint density at radius 3 is 2.67 bits per heavy atom. The van der Waals surface area contributed by atoms with Crippen molar-refractivity contribution in [1.82, 2.24) is 10.3 Å². The normalized spacial score (nSPS) is 12.5. The maximum Gasteiger partial charge on any atom is 0.0594 e. The molecule has 0 radical (unpaired) electrons. The lowest BCUT2D eigenvalue weighted by molar-refractivity contribution is 0.632. The van der Waals surface area contributed by atoms with Crippen molar-refractivity contribution in [2.75, 3.05) is 6.54 Å². The van der Waals surface area contributed by atoms with E-state index >= 15 is 0 Å². The fourth-order valence-electron chi connectivity index (χ4n) is 2.69. The monoisotopic (exact) mass is 340 g/mol. The van der Waals surface area contributed by atoms with Crippen LogP contribution in [-0.2, 0) is 0 Å². The van der Waals surface area contributed by atoms with Gasteiger partial charge in [0.15, 0.2) is 0 Å². The molecule has 0 spiro atoms. The van der Waals surface area contributed by atoms with E-state index in [1.54, 1.807) is 0 Å². The molecule has 21 heavy (non-hydrogen) atoms. The van der Waals surface area contributed by atoms with Crippen LogP contribution in [0.2, 0.25) is 0 Å². The van der Waals surface area contributed by atoms with Crippen LogP contribution in [-0.4, -0.2) is 11.5 Å². The average molecular weight is 341 g/mol. The number of nitrogens with zero attached hydrogens (tertiary/aromatic N) is 1. The summed E-state index contributed by atoms with van der Waals surface area (Å²) in [4.78, 5) is 4.29. The van der Waals surface area contributed by atoms with Crippen LogP contribution < -0.4 is 5.32 Å². The van der Waals surface area contributed by atoms with Crippen molar-refractivity contribution in [1.29, 1.82) is 0 Å². The molecule has 2 nitrogen and oxygen atoms in total. The summed E-state index contributed by atoms with van der Waals surface area (Å²) in [5, 5.41) is 6.01. The molecule has 0 aliphatic rings. The molecule has 1 unspecified atom stereocenters. The number of rotatable bonds is 4. The van der Waals surface area contributed by atoms with E-state index in [2.05, 4.69) is 75.6 Å². The van der Waals surface area contributed by atoms with Crippen molar-refractivity contribution in [3.8, 4) is 0 Å². The molecular formula is C18H17BrN2. The van der Waals surface area contributed by atoms with E-state index < -0.39 is 0 Å². The number of nitrogens with one attached hydrogen (secondary N) is 1. The third kappa shape index (κ3) is 2.85. The summed E-state index contributed by atoms with van der Waals surface area (Å²) in [6.45, 7) is 3.04. The maximum atomic E-state index is 4.29. The van der Waals surface area contributed by atoms with Crippen LogP contribution in [0.15, 0.2) is 65.4 Å². The van der Waals surface area contributed by atoms with Crippen molar-refractivity contribution in [3.05, 3.63) is 76.5 Å². The quantitative estimate of drug-likeness (QED) is 0.744. The Kier molecular flexibility index (Phi) is 4.32. The molecule has 0 aliphatic carbocycles. The topological polar surface area (TPSA) is 24.9 Å². The first-order chi connectivity index (χ1) is 10.3. The Hall–Kier alpha value is -1.71. The summed E-state index contributed by atoms with van der Waals surface area (Å²) in [5.41, 5.74) is 2.50. The summed E-state index contributed by atoms with van der Waals surface area (Å²) in [5.74, 6) is 0. The highest BCUT2D eigenvalue weighted by Crippen LogP contribution is 2.32. The molecule has 2 aromatic carbocycles. The first-order valence-electron chi connectivity index (χ1n) is 7.11. The van der Waals surface area contributed by atoms with Crippen LogP contribution in [0.1, 0.15) is 24.1 Å². The van der Waals surface area contributed by atoms with Crippen molar-refractivity contribution in [2.24, 2.45) is 0 Å². The minimum absolute atomic E-state index is 0.151. The van der Waals surface area contributed by atoms with Crippen LogP contribution in [0.5, 0.6) is 0 Å². The van der Waals surface area contributed by atoms with Gasteiger partial charge in [0, 0.05) is 22.3 Å². The zero-order chi connectivity index (χ0) is 14.7. The smallest absolute Gasteiger partial charge is 0.0594 e. The molecule has 3 rings (SSSR count). The number of hydrogen-bond acceptors (Lipinski definition) is 2. The molecule has 3 heteroatoms. The maximum absolute atomic E-state index is 4.29. The predicted molar refractivity (Wildman–Crippen MR) is 91.4 cm³/mol. The molecule has 1 N–H and O–H groups in total. The van der Waals surface area contributed by atoms with Crippen molar-refractivity contribution in [3.63, 3.8) is 0 Å². The summed E-state index contributed by atoms with van der Waals surface area (Å²) in [6.07, 6.45) is 3.79. The molecule has 0 saturated heterocycles. The molecule has 0 amide bonds. The van der Waals surface area contributed by atoms with Gasteiger partial charge in [-0.3, -0.25) is 4.98 Å². The van der Waals surface area contributed by atoms with Gasteiger partial charge in [0.1, 0.15) is 0 Å². The van der Waals surface area contributed by atoms with Crippen LogP contribution >= 0.6 is 15.9 Å². The van der Waals surface area contributed by atoms with E-state index in [0.717, 1.165) is 11.0 Å². The van der Waals surface area contributed by atoms with Crippen molar-refractivity contribution < 1.29 is 0 Å². The van der Waals surface area contributed by atoms with Gasteiger partial charge < -0.3 is 5.32 Å².